The lowest BCUT2D eigenvalue weighted by atomic mass is 9.95. The molecule has 0 heterocycles. The van der Waals surface area contributed by atoms with Crippen molar-refractivity contribution in [2.24, 2.45) is 11.7 Å². The number of anilines is 1. The second-order valence-corrected chi connectivity index (χ2v) is 5.85. The first kappa shape index (κ1) is 15.1. The summed E-state index contributed by atoms with van der Waals surface area (Å²) in [5, 5.41) is 3.57. The molecule has 1 atom stereocenters. The minimum absolute atomic E-state index is 0.0984. The number of carbonyl (C=O) groups is 1. The van der Waals surface area contributed by atoms with Gasteiger partial charge >= 0.3 is 0 Å². The van der Waals surface area contributed by atoms with E-state index in [0.717, 1.165) is 6.42 Å². The van der Waals surface area contributed by atoms with Crippen molar-refractivity contribution in [1.82, 2.24) is 5.32 Å². The average molecular weight is 296 g/mol. The van der Waals surface area contributed by atoms with E-state index in [1.54, 1.807) is 18.2 Å². The van der Waals surface area contributed by atoms with Gasteiger partial charge in [0.15, 0.2) is 0 Å². The van der Waals surface area contributed by atoms with E-state index in [-0.39, 0.29) is 11.9 Å². The standard InChI is InChI=1S/C15H22ClN3O/c16-12-6-5-11(9-13(12)18)15(20)19-14(7-8-17)10-3-1-2-4-10/h5-6,9-10,14H,1-4,7-8,17-18H2,(H,19,20). The molecule has 20 heavy (non-hydrogen) atoms. The molecule has 1 saturated carbocycles. The van der Waals surface area contributed by atoms with Gasteiger partial charge in [0.05, 0.1) is 10.7 Å². The molecule has 5 heteroatoms. The Morgan fingerprint density at radius 2 is 2.10 bits per heavy atom. The Kier molecular flexibility index (Phi) is 5.26. The van der Waals surface area contributed by atoms with Crippen LogP contribution in [0.1, 0.15) is 42.5 Å². The third-order valence-electron chi connectivity index (χ3n) is 4.02. The first-order valence-electron chi connectivity index (χ1n) is 7.17. The lowest BCUT2D eigenvalue weighted by molar-refractivity contribution is 0.0920. The molecule has 0 saturated heterocycles. The molecule has 0 aliphatic heterocycles. The second kappa shape index (κ2) is 6.95. The summed E-state index contributed by atoms with van der Waals surface area (Å²) < 4.78 is 0. The second-order valence-electron chi connectivity index (χ2n) is 5.44. The highest BCUT2D eigenvalue weighted by Crippen LogP contribution is 2.29. The number of benzene rings is 1. The molecular formula is C15H22ClN3O. The SMILES string of the molecule is NCCC(NC(=O)c1ccc(Cl)c(N)c1)C1CCCC1. The monoisotopic (exact) mass is 295 g/mol. The zero-order valence-electron chi connectivity index (χ0n) is 11.6. The Morgan fingerprint density at radius 1 is 1.40 bits per heavy atom. The first-order valence-corrected chi connectivity index (χ1v) is 7.55. The number of halogens is 1. The van der Waals surface area contributed by atoms with Gasteiger partial charge in [-0.05, 0) is 49.9 Å². The third kappa shape index (κ3) is 3.64. The summed E-state index contributed by atoms with van der Waals surface area (Å²) in [6.07, 6.45) is 5.66. The maximum atomic E-state index is 12.3. The highest BCUT2D eigenvalue weighted by molar-refractivity contribution is 6.33. The van der Waals surface area contributed by atoms with Crippen LogP contribution in [0.4, 0.5) is 5.69 Å². The molecule has 1 unspecified atom stereocenters. The number of carbonyl (C=O) groups excluding carboxylic acids is 1. The zero-order chi connectivity index (χ0) is 14.5. The van der Waals surface area contributed by atoms with Gasteiger partial charge in [-0.15, -0.1) is 0 Å². The van der Waals surface area contributed by atoms with Crippen LogP contribution in [0, 0.1) is 5.92 Å². The van der Waals surface area contributed by atoms with Crippen LogP contribution in [0.25, 0.3) is 0 Å². The Hall–Kier alpha value is -1.26. The summed E-state index contributed by atoms with van der Waals surface area (Å²) in [4.78, 5) is 12.3. The van der Waals surface area contributed by atoms with Crippen LogP contribution in [-0.2, 0) is 0 Å². The average Bonchev–Trinajstić information content (AvgIpc) is 2.95. The van der Waals surface area contributed by atoms with E-state index in [9.17, 15) is 4.79 Å². The van der Waals surface area contributed by atoms with Crippen LogP contribution in [0.15, 0.2) is 18.2 Å². The molecule has 110 valence electrons. The maximum absolute atomic E-state index is 12.3. The van der Waals surface area contributed by atoms with Gasteiger partial charge in [0, 0.05) is 11.6 Å². The molecule has 1 aliphatic carbocycles. The lowest BCUT2D eigenvalue weighted by Gasteiger charge is -2.24. The van der Waals surface area contributed by atoms with Gasteiger partial charge in [-0.1, -0.05) is 24.4 Å². The summed E-state index contributed by atoms with van der Waals surface area (Å²) in [6.45, 7) is 0.588. The highest BCUT2D eigenvalue weighted by atomic mass is 35.5. The molecule has 1 fully saturated rings. The fourth-order valence-corrected chi connectivity index (χ4v) is 3.02. The molecule has 2 rings (SSSR count). The van der Waals surface area contributed by atoms with E-state index in [1.165, 1.54) is 25.7 Å². The quantitative estimate of drug-likeness (QED) is 0.730. The van der Waals surface area contributed by atoms with Crippen LogP contribution < -0.4 is 16.8 Å². The van der Waals surface area contributed by atoms with Gasteiger partial charge in [-0.25, -0.2) is 0 Å². The van der Waals surface area contributed by atoms with Crippen molar-refractivity contribution in [2.75, 3.05) is 12.3 Å². The molecule has 4 nitrogen and oxygen atoms in total. The van der Waals surface area contributed by atoms with E-state index in [0.29, 0.717) is 28.7 Å². The first-order chi connectivity index (χ1) is 9.61. The van der Waals surface area contributed by atoms with E-state index in [2.05, 4.69) is 5.32 Å². The predicted molar refractivity (Wildman–Crippen MR) is 82.7 cm³/mol. The molecule has 1 aliphatic rings. The molecule has 1 aromatic carbocycles. The van der Waals surface area contributed by atoms with Gasteiger partial charge < -0.3 is 16.8 Å². The van der Waals surface area contributed by atoms with Crippen LogP contribution in [0.3, 0.4) is 0 Å². The minimum Gasteiger partial charge on any atom is -0.398 e. The van der Waals surface area contributed by atoms with Crippen molar-refractivity contribution < 1.29 is 4.79 Å². The molecule has 1 amide bonds. The van der Waals surface area contributed by atoms with E-state index >= 15 is 0 Å². The van der Waals surface area contributed by atoms with Crippen LogP contribution in [0.5, 0.6) is 0 Å². The van der Waals surface area contributed by atoms with Gasteiger partial charge in [-0.3, -0.25) is 4.79 Å². The third-order valence-corrected chi connectivity index (χ3v) is 4.37. The molecule has 1 aromatic rings. The van der Waals surface area contributed by atoms with Gasteiger partial charge in [-0.2, -0.15) is 0 Å². The topological polar surface area (TPSA) is 81.1 Å². The van der Waals surface area contributed by atoms with Crippen molar-refractivity contribution in [3.63, 3.8) is 0 Å². The normalized spacial score (nSPS) is 17.1. The number of hydrogen-bond acceptors (Lipinski definition) is 3. The van der Waals surface area contributed by atoms with Crippen molar-refractivity contribution in [2.45, 2.75) is 38.1 Å². The fraction of sp³-hybridized carbons (Fsp3) is 0.533. The summed E-state index contributed by atoms with van der Waals surface area (Å²) in [5.41, 5.74) is 12.4. The van der Waals surface area contributed by atoms with E-state index in [4.69, 9.17) is 23.1 Å². The minimum atomic E-state index is -0.0984. The van der Waals surface area contributed by atoms with Crippen molar-refractivity contribution in [1.29, 1.82) is 0 Å². The molecular weight excluding hydrogens is 274 g/mol. The Labute approximate surface area is 124 Å². The van der Waals surface area contributed by atoms with Crippen LogP contribution in [-0.4, -0.2) is 18.5 Å². The Balaban J connectivity index is 2.05. The van der Waals surface area contributed by atoms with Crippen LogP contribution >= 0.6 is 11.6 Å². The number of amides is 1. The summed E-state index contributed by atoms with van der Waals surface area (Å²) in [5.74, 6) is 0.450. The van der Waals surface area contributed by atoms with Crippen molar-refractivity contribution >= 4 is 23.2 Å². The fourth-order valence-electron chi connectivity index (χ4n) is 2.90. The van der Waals surface area contributed by atoms with Gasteiger partial charge in [0.1, 0.15) is 0 Å². The number of nitrogen functional groups attached to an aromatic ring is 1. The van der Waals surface area contributed by atoms with Crippen molar-refractivity contribution in [3.05, 3.63) is 28.8 Å². The predicted octanol–water partition coefficient (Wildman–Crippen LogP) is 2.56. The number of nitrogens with two attached hydrogens (primary N) is 2. The zero-order valence-corrected chi connectivity index (χ0v) is 12.3. The van der Waals surface area contributed by atoms with Gasteiger partial charge in [0.25, 0.3) is 5.91 Å². The van der Waals surface area contributed by atoms with E-state index in [1.807, 2.05) is 0 Å². The lowest BCUT2D eigenvalue weighted by Crippen LogP contribution is -2.40. The van der Waals surface area contributed by atoms with Crippen LogP contribution in [0.2, 0.25) is 5.02 Å². The molecule has 0 radical (unpaired) electrons. The summed E-state index contributed by atoms with van der Waals surface area (Å²) in [6, 6.07) is 5.12. The largest absolute Gasteiger partial charge is 0.398 e. The molecule has 0 spiro atoms. The summed E-state index contributed by atoms with van der Waals surface area (Å²) >= 11 is 5.87. The number of rotatable bonds is 5. The molecule has 0 aromatic heterocycles. The number of hydrogen-bond donors (Lipinski definition) is 3. The molecule has 5 N–H and O–H groups in total. The molecule has 0 bridgehead atoms. The van der Waals surface area contributed by atoms with Crippen molar-refractivity contribution in [3.8, 4) is 0 Å². The number of nitrogens with one attached hydrogen (secondary N) is 1. The van der Waals surface area contributed by atoms with Gasteiger partial charge in [0.2, 0.25) is 0 Å². The Bertz CT molecular complexity index is 472. The maximum Gasteiger partial charge on any atom is 0.251 e. The summed E-state index contributed by atoms with van der Waals surface area (Å²) in [7, 11) is 0. The smallest absolute Gasteiger partial charge is 0.251 e. The Morgan fingerprint density at radius 3 is 2.70 bits per heavy atom. The highest BCUT2D eigenvalue weighted by Gasteiger charge is 2.26. The van der Waals surface area contributed by atoms with E-state index < -0.39 is 0 Å².